The van der Waals surface area contributed by atoms with Crippen LogP contribution in [0.1, 0.15) is 42.4 Å². The maximum absolute atomic E-state index is 13.1. The van der Waals surface area contributed by atoms with Crippen LogP contribution >= 0.6 is 0 Å². The minimum atomic E-state index is -1.27. The first-order chi connectivity index (χ1) is 18.9. The molecular formula is C31H32N2O6. The van der Waals surface area contributed by atoms with E-state index in [-0.39, 0.29) is 25.0 Å². The Morgan fingerprint density at radius 3 is 2.05 bits per heavy atom. The average Bonchev–Trinajstić information content (AvgIpc) is 3.74. The largest absolute Gasteiger partial charge is 0.480 e. The number of fused-ring (bicyclic) bond motifs is 3. The van der Waals surface area contributed by atoms with Gasteiger partial charge in [0, 0.05) is 5.92 Å². The van der Waals surface area contributed by atoms with Gasteiger partial charge in [0.05, 0.1) is 12.7 Å². The molecule has 2 aliphatic rings. The Morgan fingerprint density at radius 2 is 1.46 bits per heavy atom. The molecular weight excluding hydrogens is 496 g/mol. The minimum Gasteiger partial charge on any atom is -0.480 e. The first kappa shape index (κ1) is 26.4. The molecule has 0 heterocycles. The molecule has 3 N–H and O–H groups in total. The lowest BCUT2D eigenvalue weighted by Crippen LogP contribution is -2.56. The maximum Gasteiger partial charge on any atom is 0.407 e. The molecule has 2 amide bonds. The summed E-state index contributed by atoms with van der Waals surface area (Å²) >= 11 is 0. The highest BCUT2D eigenvalue weighted by atomic mass is 16.5. The summed E-state index contributed by atoms with van der Waals surface area (Å²) in [5.41, 5.74) is 5.34. The van der Waals surface area contributed by atoms with Crippen LogP contribution in [0.25, 0.3) is 11.1 Å². The molecule has 0 aromatic heterocycles. The molecule has 3 atom stereocenters. The first-order valence-electron chi connectivity index (χ1n) is 13.2. The lowest BCUT2D eigenvalue weighted by atomic mass is 9.98. The topological polar surface area (TPSA) is 114 Å². The van der Waals surface area contributed by atoms with E-state index in [1.807, 2.05) is 66.7 Å². The van der Waals surface area contributed by atoms with Gasteiger partial charge in [-0.25, -0.2) is 9.59 Å². The van der Waals surface area contributed by atoms with E-state index in [1.165, 1.54) is 0 Å². The molecule has 2 aliphatic carbocycles. The molecule has 3 unspecified atom stereocenters. The number of carbonyl (C=O) groups is 3. The van der Waals surface area contributed by atoms with E-state index in [2.05, 4.69) is 22.8 Å². The SMILES string of the molecule is CC(OCc1ccccc1)C(NC(=O)C(NC(=O)OCC1c2ccccc2-c2ccccc21)C1CC1)C(=O)O. The predicted octanol–water partition coefficient (Wildman–Crippen LogP) is 4.48. The molecule has 1 fully saturated rings. The zero-order chi connectivity index (χ0) is 27.4. The molecule has 0 saturated heterocycles. The van der Waals surface area contributed by atoms with Gasteiger partial charge in [0.15, 0.2) is 6.04 Å². The van der Waals surface area contributed by atoms with Gasteiger partial charge in [-0.3, -0.25) is 4.79 Å². The highest BCUT2D eigenvalue weighted by Gasteiger charge is 2.40. The van der Waals surface area contributed by atoms with Crippen LogP contribution in [0.3, 0.4) is 0 Å². The number of amides is 2. The van der Waals surface area contributed by atoms with Crippen LogP contribution in [0.4, 0.5) is 4.79 Å². The van der Waals surface area contributed by atoms with Crippen molar-refractivity contribution in [2.24, 2.45) is 5.92 Å². The Bertz CT molecular complexity index is 1290. The van der Waals surface area contributed by atoms with Gasteiger partial charge in [-0.05, 0) is 53.5 Å². The molecule has 5 rings (SSSR count). The lowest BCUT2D eigenvalue weighted by Gasteiger charge is -2.25. The van der Waals surface area contributed by atoms with Gasteiger partial charge < -0.3 is 25.2 Å². The smallest absolute Gasteiger partial charge is 0.407 e. The minimum absolute atomic E-state index is 0.0690. The van der Waals surface area contributed by atoms with Gasteiger partial charge in [0.2, 0.25) is 5.91 Å². The number of carboxylic acid groups (broad SMARTS) is 1. The second kappa shape index (κ2) is 11.7. The van der Waals surface area contributed by atoms with E-state index in [0.29, 0.717) is 0 Å². The summed E-state index contributed by atoms with van der Waals surface area (Å²) in [4.78, 5) is 37.9. The maximum atomic E-state index is 13.1. The Labute approximate surface area is 227 Å². The van der Waals surface area contributed by atoms with Gasteiger partial charge in [0.25, 0.3) is 0 Å². The van der Waals surface area contributed by atoms with Gasteiger partial charge >= 0.3 is 12.1 Å². The number of ether oxygens (including phenoxy) is 2. The number of carboxylic acids is 1. The Hall–Kier alpha value is -4.17. The summed E-state index contributed by atoms with van der Waals surface area (Å²) in [7, 11) is 0. The number of carbonyl (C=O) groups excluding carboxylic acids is 2. The number of benzene rings is 3. The standard InChI is InChI=1S/C31H32N2O6/c1-19(38-17-20-9-3-2-4-10-20)27(30(35)36)32-29(34)28(21-15-16-21)33-31(37)39-18-26-24-13-7-5-11-22(24)23-12-6-8-14-25(23)26/h2-14,19,21,26-28H,15-18H2,1H3,(H,32,34)(H,33,37)(H,35,36). The third-order valence-corrected chi connectivity index (χ3v) is 7.38. The van der Waals surface area contributed by atoms with Crippen molar-refractivity contribution in [3.63, 3.8) is 0 Å². The van der Waals surface area contributed by atoms with Gasteiger partial charge in [-0.15, -0.1) is 0 Å². The zero-order valence-corrected chi connectivity index (χ0v) is 21.7. The molecule has 39 heavy (non-hydrogen) atoms. The van der Waals surface area contributed by atoms with Gasteiger partial charge in [-0.1, -0.05) is 78.9 Å². The van der Waals surface area contributed by atoms with Crippen molar-refractivity contribution < 1.29 is 29.0 Å². The fraction of sp³-hybridized carbons (Fsp3) is 0.323. The number of rotatable bonds is 11. The summed E-state index contributed by atoms with van der Waals surface area (Å²) in [5, 5.41) is 15.0. The number of aliphatic carboxylic acids is 1. The third kappa shape index (κ3) is 6.12. The average molecular weight is 529 g/mol. The molecule has 0 radical (unpaired) electrons. The highest BCUT2D eigenvalue weighted by Crippen LogP contribution is 2.44. The summed E-state index contributed by atoms with van der Waals surface area (Å²) in [6.07, 6.45) is 0.0316. The van der Waals surface area contributed by atoms with Crippen molar-refractivity contribution in [2.75, 3.05) is 6.61 Å². The number of hydrogen-bond donors (Lipinski definition) is 3. The second-order valence-electron chi connectivity index (χ2n) is 10.1. The van der Waals surface area contributed by atoms with Crippen LogP contribution in [0, 0.1) is 5.92 Å². The van der Waals surface area contributed by atoms with Crippen LogP contribution in [-0.4, -0.2) is 47.9 Å². The zero-order valence-electron chi connectivity index (χ0n) is 21.7. The molecule has 0 aliphatic heterocycles. The predicted molar refractivity (Wildman–Crippen MR) is 145 cm³/mol. The second-order valence-corrected chi connectivity index (χ2v) is 10.1. The van der Waals surface area contributed by atoms with E-state index in [4.69, 9.17) is 9.47 Å². The van der Waals surface area contributed by atoms with Crippen LogP contribution in [-0.2, 0) is 25.7 Å². The Morgan fingerprint density at radius 1 is 0.872 bits per heavy atom. The fourth-order valence-corrected chi connectivity index (χ4v) is 5.12. The van der Waals surface area contributed by atoms with E-state index in [9.17, 15) is 19.5 Å². The summed E-state index contributed by atoms with van der Waals surface area (Å²) in [5.74, 6) is -1.94. The van der Waals surface area contributed by atoms with Crippen LogP contribution in [0.2, 0.25) is 0 Å². The highest BCUT2D eigenvalue weighted by molar-refractivity contribution is 5.90. The van der Waals surface area contributed by atoms with E-state index in [1.54, 1.807) is 6.92 Å². The molecule has 8 heteroatoms. The van der Waals surface area contributed by atoms with Gasteiger partial charge in [0.1, 0.15) is 12.6 Å². The van der Waals surface area contributed by atoms with Crippen molar-refractivity contribution in [1.82, 2.24) is 10.6 Å². The summed E-state index contributed by atoms with van der Waals surface area (Å²) in [6.45, 7) is 1.94. The fourth-order valence-electron chi connectivity index (χ4n) is 5.12. The van der Waals surface area contributed by atoms with Crippen molar-refractivity contribution >= 4 is 18.0 Å². The molecule has 202 valence electrons. The van der Waals surface area contributed by atoms with E-state index in [0.717, 1.165) is 40.7 Å². The first-order valence-corrected chi connectivity index (χ1v) is 13.2. The number of nitrogens with one attached hydrogen (secondary N) is 2. The van der Waals surface area contributed by atoms with Gasteiger partial charge in [-0.2, -0.15) is 0 Å². The summed E-state index contributed by atoms with van der Waals surface area (Å²) in [6, 6.07) is 23.3. The monoisotopic (exact) mass is 528 g/mol. The van der Waals surface area contributed by atoms with E-state index < -0.39 is 36.2 Å². The quantitative estimate of drug-likeness (QED) is 0.338. The molecule has 0 bridgehead atoms. The molecule has 0 spiro atoms. The van der Waals surface area contributed by atoms with Crippen LogP contribution in [0.5, 0.6) is 0 Å². The number of hydrogen-bond acceptors (Lipinski definition) is 5. The van der Waals surface area contributed by atoms with E-state index >= 15 is 0 Å². The van der Waals surface area contributed by atoms with Crippen molar-refractivity contribution in [3.8, 4) is 11.1 Å². The molecule has 8 nitrogen and oxygen atoms in total. The van der Waals surface area contributed by atoms with Crippen molar-refractivity contribution in [1.29, 1.82) is 0 Å². The Balaban J connectivity index is 1.19. The molecule has 3 aromatic rings. The van der Waals surface area contributed by atoms with Crippen molar-refractivity contribution in [3.05, 3.63) is 95.6 Å². The van der Waals surface area contributed by atoms with Crippen LogP contribution in [0.15, 0.2) is 78.9 Å². The normalized spacial score (nSPS) is 16.3. The Kier molecular flexibility index (Phi) is 7.93. The van der Waals surface area contributed by atoms with Crippen molar-refractivity contribution in [2.45, 2.75) is 50.5 Å². The van der Waals surface area contributed by atoms with Crippen LogP contribution < -0.4 is 10.6 Å². The lowest BCUT2D eigenvalue weighted by molar-refractivity contribution is -0.146. The third-order valence-electron chi connectivity index (χ3n) is 7.38. The number of alkyl carbamates (subject to hydrolysis) is 1. The molecule has 1 saturated carbocycles. The summed E-state index contributed by atoms with van der Waals surface area (Å²) < 4.78 is 11.3. The molecule has 3 aromatic carbocycles.